The molecule has 1 saturated heterocycles. The van der Waals surface area contributed by atoms with Crippen LogP contribution in [0.25, 0.3) is 0 Å². The van der Waals surface area contributed by atoms with E-state index in [0.717, 1.165) is 37.4 Å². The Labute approximate surface area is 147 Å². The van der Waals surface area contributed by atoms with Crippen LogP contribution in [-0.2, 0) is 0 Å². The molecule has 25 heavy (non-hydrogen) atoms. The van der Waals surface area contributed by atoms with Gasteiger partial charge in [-0.1, -0.05) is 12.1 Å². The van der Waals surface area contributed by atoms with E-state index in [2.05, 4.69) is 36.8 Å². The van der Waals surface area contributed by atoms with Gasteiger partial charge in [0.25, 0.3) is 0 Å². The summed E-state index contributed by atoms with van der Waals surface area (Å²) in [7, 11) is 1.69. The van der Waals surface area contributed by atoms with Crippen molar-refractivity contribution in [1.29, 1.82) is 0 Å². The van der Waals surface area contributed by atoms with Crippen LogP contribution in [-0.4, -0.2) is 47.5 Å². The lowest BCUT2D eigenvalue weighted by atomic mass is 10.0. The van der Waals surface area contributed by atoms with Gasteiger partial charge in [-0.2, -0.15) is 5.10 Å². The molecular weight excluding hydrogens is 320 g/mol. The van der Waals surface area contributed by atoms with Gasteiger partial charge in [0.05, 0.1) is 18.8 Å². The summed E-state index contributed by atoms with van der Waals surface area (Å²) in [6.45, 7) is 3.62. The molecule has 0 radical (unpaired) electrons. The topological polar surface area (TPSA) is 95.2 Å². The minimum atomic E-state index is -0.212. The van der Waals surface area contributed by atoms with Crippen LogP contribution in [0.4, 0.5) is 10.5 Å². The van der Waals surface area contributed by atoms with E-state index in [0.29, 0.717) is 5.82 Å². The fourth-order valence-electron chi connectivity index (χ4n) is 3.07. The highest BCUT2D eigenvalue weighted by atomic mass is 16.5. The molecule has 8 nitrogen and oxygen atoms in total. The average molecular weight is 344 g/mol. The number of amides is 2. The Morgan fingerprint density at radius 2 is 2.12 bits per heavy atom. The zero-order chi connectivity index (χ0) is 17.6. The molecule has 1 aromatic carbocycles. The predicted molar refractivity (Wildman–Crippen MR) is 94.7 cm³/mol. The molecule has 2 heterocycles. The number of nitrogens with zero attached hydrogens (tertiary/aromatic N) is 3. The van der Waals surface area contributed by atoms with E-state index in [-0.39, 0.29) is 18.1 Å². The lowest BCUT2D eigenvalue weighted by Gasteiger charge is -2.34. The fraction of sp³-hybridized carbons (Fsp3) is 0.471. The molecule has 1 unspecified atom stereocenters. The third-order valence-electron chi connectivity index (χ3n) is 4.45. The maximum absolute atomic E-state index is 12.2. The first-order valence-corrected chi connectivity index (χ1v) is 8.47. The molecule has 1 atom stereocenters. The Hall–Kier alpha value is -2.77. The van der Waals surface area contributed by atoms with Crippen molar-refractivity contribution in [2.75, 3.05) is 25.1 Å². The predicted octanol–water partition coefficient (Wildman–Crippen LogP) is 1.84. The van der Waals surface area contributed by atoms with Gasteiger partial charge in [-0.05, 0) is 31.9 Å². The molecule has 3 N–H and O–H groups in total. The number of urea groups is 1. The third-order valence-corrected chi connectivity index (χ3v) is 4.45. The van der Waals surface area contributed by atoms with Gasteiger partial charge in [-0.15, -0.1) is 0 Å². The molecule has 1 aliphatic rings. The van der Waals surface area contributed by atoms with Crippen LogP contribution in [0.1, 0.15) is 31.6 Å². The summed E-state index contributed by atoms with van der Waals surface area (Å²) in [4.78, 5) is 18.5. The molecule has 1 aliphatic heterocycles. The van der Waals surface area contributed by atoms with Crippen LogP contribution >= 0.6 is 0 Å². The highest BCUT2D eigenvalue weighted by Crippen LogP contribution is 2.29. The first-order chi connectivity index (χ1) is 12.2. The summed E-state index contributed by atoms with van der Waals surface area (Å²) >= 11 is 0. The first kappa shape index (κ1) is 17.1. The number of hydrogen-bond donors (Lipinski definition) is 3. The number of para-hydroxylation sites is 2. The highest BCUT2D eigenvalue weighted by Gasteiger charge is 2.23. The number of carbonyl (C=O) groups excluding carboxylic acids is 1. The van der Waals surface area contributed by atoms with Crippen molar-refractivity contribution in [3.63, 3.8) is 0 Å². The molecule has 1 aromatic heterocycles. The number of aromatic amines is 1. The summed E-state index contributed by atoms with van der Waals surface area (Å²) in [5, 5.41) is 12.5. The first-order valence-electron chi connectivity index (χ1n) is 8.47. The van der Waals surface area contributed by atoms with E-state index in [4.69, 9.17) is 4.74 Å². The molecular formula is C17H24N6O2. The average Bonchev–Trinajstić information content (AvgIpc) is 3.17. The SMILES string of the molecule is COc1ccccc1N1CCC(NC(=O)NC(C)c2ncn[nH]2)CC1. The van der Waals surface area contributed by atoms with Gasteiger partial charge in [-0.3, -0.25) is 5.10 Å². The summed E-state index contributed by atoms with van der Waals surface area (Å²) in [5.74, 6) is 1.52. The number of anilines is 1. The second-order valence-corrected chi connectivity index (χ2v) is 6.14. The van der Waals surface area contributed by atoms with Crippen LogP contribution in [0.5, 0.6) is 5.75 Å². The van der Waals surface area contributed by atoms with Crippen LogP contribution in [0.2, 0.25) is 0 Å². The standard InChI is InChI=1S/C17H24N6O2/c1-12(16-18-11-19-22-16)20-17(24)21-13-7-9-23(10-8-13)14-5-3-4-6-15(14)25-2/h3-6,11-13H,7-10H2,1-2H3,(H,18,19,22)(H2,20,21,24). The van der Waals surface area contributed by atoms with Crippen LogP contribution in [0.3, 0.4) is 0 Å². The molecule has 0 aliphatic carbocycles. The van der Waals surface area contributed by atoms with E-state index < -0.39 is 0 Å². The molecule has 0 bridgehead atoms. The van der Waals surface area contributed by atoms with E-state index in [9.17, 15) is 4.79 Å². The smallest absolute Gasteiger partial charge is 0.315 e. The van der Waals surface area contributed by atoms with E-state index in [1.165, 1.54) is 6.33 Å². The summed E-state index contributed by atoms with van der Waals surface area (Å²) in [6, 6.07) is 7.79. The zero-order valence-electron chi connectivity index (χ0n) is 14.5. The van der Waals surface area contributed by atoms with Crippen LogP contribution in [0.15, 0.2) is 30.6 Å². The Balaban J connectivity index is 1.48. The Morgan fingerprint density at radius 3 is 2.80 bits per heavy atom. The molecule has 134 valence electrons. The Bertz CT molecular complexity index is 682. The van der Waals surface area contributed by atoms with Gasteiger partial charge in [-0.25, -0.2) is 9.78 Å². The summed E-state index contributed by atoms with van der Waals surface area (Å²) in [6.07, 6.45) is 3.21. The second-order valence-electron chi connectivity index (χ2n) is 6.14. The molecule has 3 rings (SSSR count). The quantitative estimate of drug-likeness (QED) is 0.769. The van der Waals surface area contributed by atoms with Crippen molar-refractivity contribution in [2.24, 2.45) is 0 Å². The fourth-order valence-corrected chi connectivity index (χ4v) is 3.07. The van der Waals surface area contributed by atoms with Gasteiger partial charge in [0.1, 0.15) is 17.9 Å². The summed E-state index contributed by atoms with van der Waals surface area (Å²) < 4.78 is 5.43. The van der Waals surface area contributed by atoms with Gasteiger partial charge in [0.2, 0.25) is 0 Å². The molecule has 1 fully saturated rings. The maximum Gasteiger partial charge on any atom is 0.315 e. The van der Waals surface area contributed by atoms with Crippen molar-refractivity contribution < 1.29 is 9.53 Å². The van der Waals surface area contributed by atoms with Crippen LogP contribution < -0.4 is 20.3 Å². The normalized spacial score (nSPS) is 16.3. The molecule has 2 amide bonds. The Morgan fingerprint density at radius 1 is 1.36 bits per heavy atom. The molecule has 0 spiro atoms. The Kier molecular flexibility index (Phi) is 5.37. The van der Waals surface area contributed by atoms with Gasteiger partial charge >= 0.3 is 6.03 Å². The maximum atomic E-state index is 12.2. The third kappa shape index (κ3) is 4.20. The van der Waals surface area contributed by atoms with Gasteiger partial charge in [0, 0.05) is 19.1 Å². The van der Waals surface area contributed by atoms with Crippen molar-refractivity contribution in [3.8, 4) is 5.75 Å². The number of rotatable bonds is 5. The number of methoxy groups -OCH3 is 1. The number of piperidine rings is 1. The second kappa shape index (κ2) is 7.87. The number of nitrogens with one attached hydrogen (secondary N) is 3. The van der Waals surface area contributed by atoms with Gasteiger partial charge in [0.15, 0.2) is 0 Å². The number of aromatic nitrogens is 3. The minimum absolute atomic E-state index is 0.160. The molecule has 8 heteroatoms. The van der Waals surface area contributed by atoms with Crippen molar-refractivity contribution in [3.05, 3.63) is 36.4 Å². The number of ether oxygens (including phenoxy) is 1. The largest absolute Gasteiger partial charge is 0.495 e. The van der Waals surface area contributed by atoms with E-state index in [1.807, 2.05) is 25.1 Å². The zero-order valence-corrected chi connectivity index (χ0v) is 14.5. The van der Waals surface area contributed by atoms with Crippen molar-refractivity contribution in [2.45, 2.75) is 31.8 Å². The molecule has 0 saturated carbocycles. The van der Waals surface area contributed by atoms with E-state index >= 15 is 0 Å². The van der Waals surface area contributed by atoms with Crippen LogP contribution in [0, 0.1) is 0 Å². The van der Waals surface area contributed by atoms with Crippen molar-refractivity contribution in [1.82, 2.24) is 25.8 Å². The number of hydrogen-bond acceptors (Lipinski definition) is 5. The monoisotopic (exact) mass is 344 g/mol. The van der Waals surface area contributed by atoms with E-state index in [1.54, 1.807) is 7.11 Å². The van der Waals surface area contributed by atoms with Crippen molar-refractivity contribution >= 4 is 11.7 Å². The number of benzene rings is 1. The number of H-pyrrole nitrogens is 1. The minimum Gasteiger partial charge on any atom is -0.495 e. The lowest BCUT2D eigenvalue weighted by molar-refractivity contribution is 0.231. The lowest BCUT2D eigenvalue weighted by Crippen LogP contribution is -2.48. The highest BCUT2D eigenvalue weighted by molar-refractivity contribution is 5.74. The summed E-state index contributed by atoms with van der Waals surface area (Å²) in [5.41, 5.74) is 1.10. The number of carbonyl (C=O) groups is 1. The van der Waals surface area contributed by atoms with Gasteiger partial charge < -0.3 is 20.3 Å². The molecule has 2 aromatic rings.